The van der Waals surface area contributed by atoms with Crippen molar-refractivity contribution in [3.63, 3.8) is 0 Å². The van der Waals surface area contributed by atoms with Crippen LogP contribution in [0.5, 0.6) is 0 Å². The van der Waals surface area contributed by atoms with Crippen LogP contribution in [0.1, 0.15) is 31.7 Å². The Morgan fingerprint density at radius 3 is 2.68 bits per heavy atom. The van der Waals surface area contributed by atoms with Gasteiger partial charge in [-0.3, -0.25) is 0 Å². The second-order valence-electron chi connectivity index (χ2n) is 4.99. The van der Waals surface area contributed by atoms with E-state index in [1.165, 1.54) is 0 Å². The molecule has 0 spiro atoms. The molecule has 0 aliphatic carbocycles. The number of rotatable bonds is 2. The summed E-state index contributed by atoms with van der Waals surface area (Å²) in [6.07, 6.45) is 2.91. The maximum atomic E-state index is 12.7. The number of hydrogen-bond acceptors (Lipinski definition) is 2. The maximum absolute atomic E-state index is 12.7. The van der Waals surface area contributed by atoms with Gasteiger partial charge in [-0.15, -0.1) is 0 Å². The molecule has 1 aliphatic rings. The van der Waals surface area contributed by atoms with Crippen LogP contribution in [-0.2, 0) is 10.0 Å². The Bertz CT molecular complexity index is 589. The fraction of sp³-hybridized carbons (Fsp3) is 0.538. The molecule has 1 unspecified atom stereocenters. The number of aryl methyl sites for hydroxylation is 1. The molecule has 0 N–H and O–H groups in total. The van der Waals surface area contributed by atoms with Crippen LogP contribution in [-0.4, -0.2) is 25.3 Å². The molecule has 1 aromatic rings. The fourth-order valence-corrected chi connectivity index (χ4v) is 5.15. The molecule has 0 radical (unpaired) electrons. The molecule has 0 aromatic heterocycles. The Hall–Kier alpha value is -0.100. The lowest BCUT2D eigenvalue weighted by Gasteiger charge is -2.32. The molecule has 1 heterocycles. The summed E-state index contributed by atoms with van der Waals surface area (Å²) in [7, 11) is -3.50. The van der Waals surface area contributed by atoms with Gasteiger partial charge >= 0.3 is 0 Å². The van der Waals surface area contributed by atoms with E-state index in [2.05, 4.69) is 15.9 Å². The lowest BCUT2D eigenvalue weighted by Crippen LogP contribution is -2.42. The third-order valence-corrected chi connectivity index (χ3v) is 6.87. The number of nitrogens with zero attached hydrogens (tertiary/aromatic N) is 1. The molecule has 2 rings (SSSR count). The highest BCUT2D eigenvalue weighted by molar-refractivity contribution is 9.10. The molecule has 0 saturated carbocycles. The van der Waals surface area contributed by atoms with Crippen LogP contribution < -0.4 is 0 Å². The second kappa shape index (κ2) is 5.72. The Kier molecular flexibility index (Phi) is 4.60. The molecule has 19 heavy (non-hydrogen) atoms. The third kappa shape index (κ3) is 2.99. The molecule has 0 bridgehead atoms. The first kappa shape index (κ1) is 15.3. The largest absolute Gasteiger partial charge is 0.244 e. The predicted octanol–water partition coefficient (Wildman–Crippen LogP) is 3.97. The zero-order chi connectivity index (χ0) is 14.2. The standard InChI is InChI=1S/C13H17BrClNO2S/c1-9-7-13(12(15)8-11(9)14)19(17,18)16-6-4-3-5-10(16)2/h7-8,10H,3-6H2,1-2H3. The average molecular weight is 367 g/mol. The highest BCUT2D eigenvalue weighted by atomic mass is 79.9. The first-order valence-corrected chi connectivity index (χ1v) is 8.92. The summed E-state index contributed by atoms with van der Waals surface area (Å²) < 4.78 is 27.8. The number of hydrogen-bond donors (Lipinski definition) is 0. The lowest BCUT2D eigenvalue weighted by molar-refractivity contribution is 0.268. The van der Waals surface area contributed by atoms with Crippen LogP contribution in [0.4, 0.5) is 0 Å². The van der Waals surface area contributed by atoms with Crippen molar-refractivity contribution in [3.8, 4) is 0 Å². The quantitative estimate of drug-likeness (QED) is 0.794. The highest BCUT2D eigenvalue weighted by Gasteiger charge is 2.32. The van der Waals surface area contributed by atoms with Crippen LogP contribution in [0.3, 0.4) is 0 Å². The Balaban J connectivity index is 2.47. The first-order valence-electron chi connectivity index (χ1n) is 6.31. The van der Waals surface area contributed by atoms with Crippen LogP contribution in [0.2, 0.25) is 5.02 Å². The van der Waals surface area contributed by atoms with Gasteiger partial charge in [0.15, 0.2) is 0 Å². The Morgan fingerprint density at radius 1 is 1.37 bits per heavy atom. The van der Waals surface area contributed by atoms with Crippen molar-refractivity contribution in [2.24, 2.45) is 0 Å². The van der Waals surface area contributed by atoms with Crippen LogP contribution in [0, 0.1) is 6.92 Å². The molecule has 1 fully saturated rings. The van der Waals surface area contributed by atoms with Crippen molar-refractivity contribution >= 4 is 37.6 Å². The third-order valence-electron chi connectivity index (χ3n) is 3.54. The van der Waals surface area contributed by atoms with Crippen LogP contribution in [0.25, 0.3) is 0 Å². The van der Waals surface area contributed by atoms with Crippen molar-refractivity contribution in [1.82, 2.24) is 4.31 Å². The summed E-state index contributed by atoms with van der Waals surface area (Å²) in [5, 5.41) is 0.273. The molecule has 6 heteroatoms. The van der Waals surface area contributed by atoms with Gasteiger partial charge in [0, 0.05) is 17.1 Å². The number of benzene rings is 1. The van der Waals surface area contributed by atoms with E-state index < -0.39 is 10.0 Å². The molecular formula is C13H17BrClNO2S. The lowest BCUT2D eigenvalue weighted by atomic mass is 10.1. The molecule has 1 saturated heterocycles. The predicted molar refractivity (Wildman–Crippen MR) is 81.1 cm³/mol. The monoisotopic (exact) mass is 365 g/mol. The van der Waals surface area contributed by atoms with E-state index >= 15 is 0 Å². The summed E-state index contributed by atoms with van der Waals surface area (Å²) in [6, 6.07) is 3.33. The molecule has 0 amide bonds. The molecule has 106 valence electrons. The average Bonchev–Trinajstić information content (AvgIpc) is 2.34. The van der Waals surface area contributed by atoms with E-state index in [0.717, 1.165) is 29.3 Å². The summed E-state index contributed by atoms with van der Waals surface area (Å²) >= 11 is 9.48. The molecule has 3 nitrogen and oxygen atoms in total. The smallest absolute Gasteiger partial charge is 0.207 e. The Labute approximate surface area is 128 Å². The van der Waals surface area contributed by atoms with Crippen molar-refractivity contribution in [1.29, 1.82) is 0 Å². The van der Waals surface area contributed by atoms with E-state index in [0.29, 0.717) is 6.54 Å². The number of sulfonamides is 1. The minimum Gasteiger partial charge on any atom is -0.207 e. The van der Waals surface area contributed by atoms with Gasteiger partial charge in [-0.05, 0) is 44.4 Å². The van der Waals surface area contributed by atoms with Gasteiger partial charge in [0.25, 0.3) is 0 Å². The maximum Gasteiger partial charge on any atom is 0.244 e. The van der Waals surface area contributed by atoms with Gasteiger partial charge in [0.2, 0.25) is 10.0 Å². The number of piperidine rings is 1. The van der Waals surface area contributed by atoms with Gasteiger partial charge in [0.1, 0.15) is 4.90 Å². The van der Waals surface area contributed by atoms with E-state index in [9.17, 15) is 8.42 Å². The second-order valence-corrected chi connectivity index (χ2v) is 8.11. The zero-order valence-electron chi connectivity index (χ0n) is 11.0. The highest BCUT2D eigenvalue weighted by Crippen LogP contribution is 2.32. The minimum absolute atomic E-state index is 0.0405. The summed E-state index contributed by atoms with van der Waals surface area (Å²) in [5.41, 5.74) is 0.868. The van der Waals surface area contributed by atoms with Gasteiger partial charge in [-0.2, -0.15) is 4.31 Å². The van der Waals surface area contributed by atoms with E-state index in [1.807, 2.05) is 13.8 Å². The van der Waals surface area contributed by atoms with Crippen molar-refractivity contribution in [2.75, 3.05) is 6.54 Å². The fourth-order valence-electron chi connectivity index (χ4n) is 2.38. The topological polar surface area (TPSA) is 37.4 Å². The van der Waals surface area contributed by atoms with Gasteiger partial charge in [0.05, 0.1) is 5.02 Å². The molecular weight excluding hydrogens is 350 g/mol. The van der Waals surface area contributed by atoms with E-state index in [1.54, 1.807) is 16.4 Å². The minimum atomic E-state index is -3.50. The van der Waals surface area contributed by atoms with Crippen LogP contribution in [0.15, 0.2) is 21.5 Å². The molecule has 1 aliphatic heterocycles. The normalized spacial score (nSPS) is 21.6. The van der Waals surface area contributed by atoms with Gasteiger partial charge < -0.3 is 0 Å². The van der Waals surface area contributed by atoms with Gasteiger partial charge in [-0.1, -0.05) is 34.0 Å². The van der Waals surface area contributed by atoms with Crippen LogP contribution >= 0.6 is 27.5 Å². The first-order chi connectivity index (χ1) is 8.84. The Morgan fingerprint density at radius 2 is 2.05 bits per heavy atom. The number of halogens is 2. The van der Waals surface area contributed by atoms with Crippen molar-refractivity contribution in [3.05, 3.63) is 27.2 Å². The summed E-state index contributed by atoms with van der Waals surface area (Å²) in [4.78, 5) is 0.212. The van der Waals surface area contributed by atoms with E-state index in [-0.39, 0.29) is 16.0 Å². The summed E-state index contributed by atoms with van der Waals surface area (Å²) in [5.74, 6) is 0. The van der Waals surface area contributed by atoms with Crippen molar-refractivity contribution < 1.29 is 8.42 Å². The van der Waals surface area contributed by atoms with E-state index in [4.69, 9.17) is 11.6 Å². The van der Waals surface area contributed by atoms with Crippen molar-refractivity contribution in [2.45, 2.75) is 44.0 Å². The summed E-state index contributed by atoms with van der Waals surface area (Å²) in [6.45, 7) is 4.39. The zero-order valence-corrected chi connectivity index (χ0v) is 14.1. The molecule has 1 aromatic carbocycles. The van der Waals surface area contributed by atoms with Gasteiger partial charge in [-0.25, -0.2) is 8.42 Å². The molecule has 1 atom stereocenters. The SMILES string of the molecule is Cc1cc(S(=O)(=O)N2CCCCC2C)c(Cl)cc1Br.